The lowest BCUT2D eigenvalue weighted by atomic mass is 10.1. The third-order valence-electron chi connectivity index (χ3n) is 5.35. The van der Waals surface area contributed by atoms with E-state index >= 15 is 0 Å². The summed E-state index contributed by atoms with van der Waals surface area (Å²) in [4.78, 5) is 20.9. The lowest BCUT2D eigenvalue weighted by Gasteiger charge is -2.30. The Morgan fingerprint density at radius 3 is 2.93 bits per heavy atom. The van der Waals surface area contributed by atoms with Crippen LogP contribution in [0.2, 0.25) is 0 Å². The number of ether oxygens (including phenoxy) is 2. The molecule has 6 nitrogen and oxygen atoms in total. The molecule has 1 fully saturated rings. The number of nitrogens with zero attached hydrogens (tertiary/aromatic N) is 3. The Bertz CT molecular complexity index is 791. The summed E-state index contributed by atoms with van der Waals surface area (Å²) >= 11 is 0. The minimum atomic E-state index is -0.301. The molecule has 1 aromatic carbocycles. The van der Waals surface area contributed by atoms with E-state index in [0.29, 0.717) is 19.0 Å². The van der Waals surface area contributed by atoms with E-state index in [1.165, 1.54) is 11.3 Å². The molecule has 1 saturated heterocycles. The number of rotatable bonds is 4. The molecule has 0 saturated carbocycles. The maximum atomic E-state index is 12.5. The highest BCUT2D eigenvalue weighted by Crippen LogP contribution is 2.32. The van der Waals surface area contributed by atoms with Crippen LogP contribution < -0.4 is 9.64 Å². The van der Waals surface area contributed by atoms with E-state index in [9.17, 15) is 4.79 Å². The first-order chi connectivity index (χ1) is 13.2. The number of carbonyl (C=O) groups is 1. The molecule has 4 rings (SSSR count). The monoisotopic (exact) mass is 367 g/mol. The van der Waals surface area contributed by atoms with E-state index in [2.05, 4.69) is 9.88 Å². The van der Waals surface area contributed by atoms with Crippen LogP contribution in [-0.2, 0) is 17.7 Å². The Morgan fingerprint density at radius 1 is 1.30 bits per heavy atom. The van der Waals surface area contributed by atoms with Crippen molar-refractivity contribution in [3.8, 4) is 5.75 Å². The summed E-state index contributed by atoms with van der Waals surface area (Å²) in [7, 11) is 1.81. The van der Waals surface area contributed by atoms with E-state index in [1.54, 1.807) is 11.9 Å². The second-order valence-electron chi connectivity index (χ2n) is 7.11. The van der Waals surface area contributed by atoms with Crippen molar-refractivity contribution in [1.29, 1.82) is 0 Å². The van der Waals surface area contributed by atoms with Gasteiger partial charge in [-0.05, 0) is 55.2 Å². The Labute approximate surface area is 159 Å². The van der Waals surface area contributed by atoms with E-state index in [0.717, 1.165) is 38.0 Å². The number of pyridine rings is 1. The van der Waals surface area contributed by atoms with Gasteiger partial charge in [-0.1, -0.05) is 6.07 Å². The number of hydrogen-bond donors (Lipinski definition) is 0. The minimum absolute atomic E-state index is 0.189. The van der Waals surface area contributed by atoms with Gasteiger partial charge in [0, 0.05) is 44.7 Å². The van der Waals surface area contributed by atoms with Crippen LogP contribution in [-0.4, -0.2) is 48.8 Å². The average molecular weight is 367 g/mol. The zero-order valence-electron chi connectivity index (χ0n) is 15.6. The van der Waals surface area contributed by atoms with Crippen molar-refractivity contribution in [3.05, 3.63) is 53.9 Å². The topological polar surface area (TPSA) is 54.9 Å². The summed E-state index contributed by atoms with van der Waals surface area (Å²) in [6.07, 6.45) is 4.19. The fourth-order valence-corrected chi connectivity index (χ4v) is 3.76. The Balaban J connectivity index is 1.40. The molecule has 0 bridgehead atoms. The molecule has 3 heterocycles. The van der Waals surface area contributed by atoms with Gasteiger partial charge in [-0.15, -0.1) is 0 Å². The molecule has 0 aliphatic carbocycles. The first kappa shape index (κ1) is 17.8. The van der Waals surface area contributed by atoms with Crippen LogP contribution in [0.4, 0.5) is 10.5 Å². The van der Waals surface area contributed by atoms with Gasteiger partial charge >= 0.3 is 6.09 Å². The molecule has 0 N–H and O–H groups in total. The van der Waals surface area contributed by atoms with Gasteiger partial charge in [0.05, 0.1) is 12.2 Å². The van der Waals surface area contributed by atoms with Crippen molar-refractivity contribution < 1.29 is 14.3 Å². The molecular formula is C21H25N3O3. The first-order valence-corrected chi connectivity index (χ1v) is 9.51. The highest BCUT2D eigenvalue weighted by Gasteiger charge is 2.25. The Morgan fingerprint density at radius 2 is 2.15 bits per heavy atom. The third-order valence-corrected chi connectivity index (χ3v) is 5.35. The molecule has 0 atom stereocenters. The van der Waals surface area contributed by atoms with Crippen molar-refractivity contribution in [2.45, 2.75) is 31.8 Å². The summed E-state index contributed by atoms with van der Waals surface area (Å²) in [5.74, 6) is 0.609. The predicted octanol–water partition coefficient (Wildman–Crippen LogP) is 3.25. The van der Waals surface area contributed by atoms with Gasteiger partial charge in [-0.2, -0.15) is 0 Å². The van der Waals surface area contributed by atoms with Crippen molar-refractivity contribution in [2.75, 3.05) is 31.7 Å². The normalized spacial score (nSPS) is 16.9. The van der Waals surface area contributed by atoms with Crippen LogP contribution in [0.25, 0.3) is 0 Å². The molecule has 0 spiro atoms. The lowest BCUT2D eigenvalue weighted by Crippen LogP contribution is -2.42. The summed E-state index contributed by atoms with van der Waals surface area (Å²) in [6, 6.07) is 12.1. The van der Waals surface area contributed by atoms with Crippen molar-refractivity contribution in [2.24, 2.45) is 0 Å². The Kier molecular flexibility index (Phi) is 5.25. The zero-order valence-corrected chi connectivity index (χ0v) is 15.6. The van der Waals surface area contributed by atoms with Gasteiger partial charge < -0.3 is 19.3 Å². The van der Waals surface area contributed by atoms with E-state index in [4.69, 9.17) is 9.47 Å². The summed E-state index contributed by atoms with van der Waals surface area (Å²) in [5, 5.41) is 0. The van der Waals surface area contributed by atoms with Gasteiger partial charge in [-0.3, -0.25) is 4.98 Å². The fraction of sp³-hybridized carbons (Fsp3) is 0.429. The molecule has 0 radical (unpaired) electrons. The summed E-state index contributed by atoms with van der Waals surface area (Å²) in [5.41, 5.74) is 3.46. The second kappa shape index (κ2) is 7.96. The standard InChI is InChI=1S/C21H25N3O3/c1-23(18-8-12-26-13-9-18)21(25)27-19-5-6-20-16(14-19)7-11-24(20)15-17-4-2-3-10-22-17/h2-6,10,14,18H,7-9,11-13,15H2,1H3. The molecular weight excluding hydrogens is 342 g/mol. The number of amides is 1. The third kappa shape index (κ3) is 4.06. The number of aromatic nitrogens is 1. The number of benzene rings is 1. The van der Waals surface area contributed by atoms with Crippen molar-refractivity contribution in [3.63, 3.8) is 0 Å². The summed E-state index contributed by atoms with van der Waals surface area (Å²) < 4.78 is 11.0. The quantitative estimate of drug-likeness (QED) is 0.830. The molecule has 1 aromatic heterocycles. The first-order valence-electron chi connectivity index (χ1n) is 9.51. The molecule has 2 aromatic rings. The molecule has 2 aliphatic heterocycles. The highest BCUT2D eigenvalue weighted by molar-refractivity contribution is 5.71. The van der Waals surface area contributed by atoms with Crippen molar-refractivity contribution >= 4 is 11.8 Å². The van der Waals surface area contributed by atoms with E-state index < -0.39 is 0 Å². The molecule has 27 heavy (non-hydrogen) atoms. The maximum Gasteiger partial charge on any atom is 0.415 e. The number of hydrogen-bond acceptors (Lipinski definition) is 5. The molecule has 2 aliphatic rings. The number of carbonyl (C=O) groups excluding carboxylic acids is 1. The van der Waals surface area contributed by atoms with Gasteiger partial charge in [-0.25, -0.2) is 4.79 Å². The summed E-state index contributed by atoms with van der Waals surface area (Å²) in [6.45, 7) is 3.14. The molecule has 142 valence electrons. The minimum Gasteiger partial charge on any atom is -0.410 e. The molecule has 6 heteroatoms. The van der Waals surface area contributed by atoms with Gasteiger partial charge in [0.25, 0.3) is 0 Å². The van der Waals surface area contributed by atoms with Crippen LogP contribution >= 0.6 is 0 Å². The van der Waals surface area contributed by atoms with Crippen LogP contribution in [0, 0.1) is 0 Å². The number of fused-ring (bicyclic) bond motifs is 1. The van der Waals surface area contributed by atoms with E-state index in [-0.39, 0.29) is 12.1 Å². The Hall–Kier alpha value is -2.60. The van der Waals surface area contributed by atoms with Crippen LogP contribution in [0.3, 0.4) is 0 Å². The largest absolute Gasteiger partial charge is 0.415 e. The van der Waals surface area contributed by atoms with E-state index in [1.807, 2.05) is 42.6 Å². The fourth-order valence-electron chi connectivity index (χ4n) is 3.76. The second-order valence-corrected chi connectivity index (χ2v) is 7.11. The van der Waals surface area contributed by atoms with Crippen LogP contribution in [0.5, 0.6) is 5.75 Å². The molecule has 0 unspecified atom stereocenters. The van der Waals surface area contributed by atoms with Crippen LogP contribution in [0.15, 0.2) is 42.6 Å². The molecule has 1 amide bonds. The average Bonchev–Trinajstić information content (AvgIpc) is 3.11. The SMILES string of the molecule is CN(C(=O)Oc1ccc2c(c1)CCN2Cc1ccccn1)C1CCOCC1. The number of anilines is 1. The zero-order chi connectivity index (χ0) is 18.6. The van der Waals surface area contributed by atoms with Gasteiger partial charge in [0.15, 0.2) is 0 Å². The van der Waals surface area contributed by atoms with Crippen LogP contribution in [0.1, 0.15) is 24.1 Å². The highest BCUT2D eigenvalue weighted by atomic mass is 16.6. The smallest absolute Gasteiger partial charge is 0.410 e. The lowest BCUT2D eigenvalue weighted by molar-refractivity contribution is 0.0454. The van der Waals surface area contributed by atoms with Gasteiger partial charge in [0.1, 0.15) is 5.75 Å². The van der Waals surface area contributed by atoms with Crippen molar-refractivity contribution in [1.82, 2.24) is 9.88 Å². The predicted molar refractivity (Wildman–Crippen MR) is 103 cm³/mol. The van der Waals surface area contributed by atoms with Gasteiger partial charge in [0.2, 0.25) is 0 Å². The maximum absolute atomic E-state index is 12.5.